The molecule has 34 heavy (non-hydrogen) atoms. The van der Waals surface area contributed by atoms with Crippen LogP contribution in [0, 0.1) is 59.7 Å². The Hall–Kier alpha value is -1.82. The van der Waals surface area contributed by atoms with Gasteiger partial charge >= 0.3 is 17.1 Å². The van der Waals surface area contributed by atoms with Gasteiger partial charge in [-0.25, -0.2) is 0 Å². The van der Waals surface area contributed by atoms with Crippen LogP contribution in [0.2, 0.25) is 0 Å². The van der Waals surface area contributed by atoms with Crippen molar-refractivity contribution in [3.05, 3.63) is 155 Å². The minimum absolute atomic E-state index is 0. The number of benzene rings is 2. The Morgan fingerprint density at radius 2 is 0.882 bits per heavy atom. The summed E-state index contributed by atoms with van der Waals surface area (Å²) in [7, 11) is 0. The Morgan fingerprint density at radius 1 is 0.441 bits per heavy atom. The molecule has 0 aliphatic heterocycles. The summed E-state index contributed by atoms with van der Waals surface area (Å²) in [5.74, 6) is 12.6. The van der Waals surface area contributed by atoms with Crippen LogP contribution in [0.3, 0.4) is 0 Å². The van der Waals surface area contributed by atoms with Crippen molar-refractivity contribution < 1.29 is 17.1 Å². The smallest absolute Gasteiger partial charge is 0.0761 e. The van der Waals surface area contributed by atoms with Crippen LogP contribution < -0.4 is 0 Å². The van der Waals surface area contributed by atoms with Gasteiger partial charge in [-0.15, -0.1) is 0 Å². The van der Waals surface area contributed by atoms with E-state index in [4.69, 9.17) is 0 Å². The molecule has 1 heteroatoms. The fourth-order valence-electron chi connectivity index (χ4n) is 4.90. The summed E-state index contributed by atoms with van der Waals surface area (Å²) >= 11 is 0. The first kappa shape index (κ1) is 25.3. The molecular weight excluding hydrogens is 452 g/mol. The van der Waals surface area contributed by atoms with Crippen molar-refractivity contribution in [2.24, 2.45) is 0 Å². The molecule has 9 rings (SSSR count). The van der Waals surface area contributed by atoms with Crippen LogP contribution in [0.1, 0.15) is 56.9 Å². The van der Waals surface area contributed by atoms with Gasteiger partial charge in [-0.05, 0) is 58.3 Å². The molecule has 2 fully saturated rings. The maximum atomic E-state index is 2.31. The summed E-state index contributed by atoms with van der Waals surface area (Å²) in [6.07, 6.45) is 15.3. The van der Waals surface area contributed by atoms with E-state index in [1.165, 1.54) is 75.5 Å². The zero-order valence-corrected chi connectivity index (χ0v) is 21.6. The molecule has 2 aromatic rings. The third-order valence-corrected chi connectivity index (χ3v) is 7.50. The molecule has 0 N–H and O–H groups in total. The summed E-state index contributed by atoms with van der Waals surface area (Å²) in [5, 5.41) is 0. The molecule has 7 aliphatic carbocycles. The first-order valence-electron chi connectivity index (χ1n) is 11.7. The van der Waals surface area contributed by atoms with Crippen LogP contribution in [-0.2, 0) is 17.1 Å². The van der Waals surface area contributed by atoms with Crippen molar-refractivity contribution in [3.63, 3.8) is 0 Å². The van der Waals surface area contributed by atoms with E-state index in [-0.39, 0.29) is 17.1 Å². The second-order valence-electron chi connectivity index (χ2n) is 9.22. The van der Waals surface area contributed by atoms with Gasteiger partial charge in [0.15, 0.2) is 0 Å². The zero-order chi connectivity index (χ0) is 23.1. The van der Waals surface area contributed by atoms with E-state index in [0.717, 1.165) is 0 Å². The van der Waals surface area contributed by atoms with Crippen LogP contribution in [0.5, 0.6) is 0 Å². The van der Waals surface area contributed by atoms with E-state index in [1.807, 2.05) is 0 Å². The molecule has 4 bridgehead atoms. The van der Waals surface area contributed by atoms with Gasteiger partial charge in [0.1, 0.15) is 0 Å². The second kappa shape index (κ2) is 10.4. The van der Waals surface area contributed by atoms with Crippen LogP contribution in [0.15, 0.2) is 72.8 Å². The molecule has 2 aromatic carbocycles. The predicted octanol–water partition coefficient (Wildman–Crippen LogP) is 8.18. The van der Waals surface area contributed by atoms with Crippen LogP contribution in [-0.4, -0.2) is 0 Å². The van der Waals surface area contributed by atoms with Crippen LogP contribution >= 0.6 is 0 Å². The molecule has 0 atom stereocenters. The number of fused-ring (bicyclic) bond motifs is 1. The van der Waals surface area contributed by atoms with Gasteiger partial charge < -0.3 is 0 Å². The third kappa shape index (κ3) is 4.67. The number of rotatable bonds is 0. The normalized spacial score (nSPS) is 23.2. The molecule has 2 saturated carbocycles. The molecule has 0 saturated heterocycles. The average molecular weight is 482 g/mol. The largest absolute Gasteiger partial charge is 2.00 e. The molecular formula is C33H30Fe+2. The molecule has 0 amide bonds. The van der Waals surface area contributed by atoms with Crippen molar-refractivity contribution >= 4 is 12.2 Å². The standard InChI is InChI=1S/C23H15.C10H15.Fe/c1-2-4-21-20(3-1)15-22-18-11-7-16(8-12-18)5-6-17-9-13-19(14-10-17)23(21)22;1-6-7(2)9(4)10(5)8(6)3;/h1-15H;1-5H3;/q;;+2/b6-5-;;. The number of hydrogen-bond acceptors (Lipinski definition) is 0. The van der Waals surface area contributed by atoms with Crippen molar-refractivity contribution in [2.45, 2.75) is 34.6 Å². The Kier molecular flexibility index (Phi) is 7.75. The first-order chi connectivity index (χ1) is 15.9. The fourth-order valence-corrected chi connectivity index (χ4v) is 4.90. The van der Waals surface area contributed by atoms with Gasteiger partial charge in [-0.1, -0.05) is 120 Å². The minimum Gasteiger partial charge on any atom is -0.0761 e. The summed E-state index contributed by atoms with van der Waals surface area (Å²) in [6, 6.07) is 17.7. The molecule has 0 unspecified atom stereocenters. The van der Waals surface area contributed by atoms with Gasteiger partial charge in [0.2, 0.25) is 0 Å². The Morgan fingerprint density at radius 3 is 1.38 bits per heavy atom. The van der Waals surface area contributed by atoms with Gasteiger partial charge in [-0.3, -0.25) is 0 Å². The van der Waals surface area contributed by atoms with E-state index in [1.54, 1.807) is 0 Å². The van der Waals surface area contributed by atoms with Crippen LogP contribution in [0.25, 0.3) is 12.2 Å². The quantitative estimate of drug-likeness (QED) is 0.332. The molecule has 0 spiro atoms. The van der Waals surface area contributed by atoms with Gasteiger partial charge in [0, 0.05) is 23.7 Å². The minimum atomic E-state index is 0. The number of allylic oxidation sites excluding steroid dienone is 4. The molecule has 168 valence electrons. The van der Waals surface area contributed by atoms with E-state index < -0.39 is 0 Å². The Bertz CT molecular complexity index is 996. The van der Waals surface area contributed by atoms with Gasteiger partial charge in [0.05, 0.1) is 0 Å². The van der Waals surface area contributed by atoms with E-state index >= 15 is 0 Å². The molecule has 0 nitrogen and oxygen atoms in total. The monoisotopic (exact) mass is 482 g/mol. The van der Waals surface area contributed by atoms with Crippen molar-refractivity contribution in [1.82, 2.24) is 0 Å². The van der Waals surface area contributed by atoms with Gasteiger partial charge in [0.25, 0.3) is 0 Å². The maximum absolute atomic E-state index is 2.31. The molecule has 7 aliphatic rings. The average Bonchev–Trinajstić information content (AvgIpc) is 3.31. The van der Waals surface area contributed by atoms with E-state index in [9.17, 15) is 0 Å². The summed E-state index contributed by atoms with van der Waals surface area (Å²) in [5.41, 5.74) is 5.02. The molecule has 10 radical (unpaired) electrons. The first-order valence-corrected chi connectivity index (χ1v) is 11.7. The number of hydrogen-bond donors (Lipinski definition) is 0. The Balaban J connectivity index is 0.000000212. The summed E-state index contributed by atoms with van der Waals surface area (Å²) in [4.78, 5) is 0. The summed E-state index contributed by atoms with van der Waals surface area (Å²) in [6.45, 7) is 11.0. The zero-order valence-electron chi connectivity index (χ0n) is 20.5. The van der Waals surface area contributed by atoms with Crippen molar-refractivity contribution in [2.75, 3.05) is 0 Å². The van der Waals surface area contributed by atoms with Crippen molar-refractivity contribution in [1.29, 1.82) is 0 Å². The molecule has 0 heterocycles. The van der Waals surface area contributed by atoms with Gasteiger partial charge in [-0.2, -0.15) is 0 Å². The predicted molar refractivity (Wildman–Crippen MR) is 140 cm³/mol. The fraction of sp³-hybridized carbons (Fsp3) is 0.152. The van der Waals surface area contributed by atoms with E-state index in [2.05, 4.69) is 126 Å². The third-order valence-electron chi connectivity index (χ3n) is 7.50. The topological polar surface area (TPSA) is 0 Å². The van der Waals surface area contributed by atoms with Crippen LogP contribution in [0.4, 0.5) is 0 Å². The SMILES string of the molecule is C[C]1[C](C)[C](C)[C](C)[C]1C.[CH]1[C]2C=CC=C[C]2[C]2[C]1c1ccc(cc1)/C=C\c1ccc2cc1.[Fe+2]. The Labute approximate surface area is 218 Å². The second-order valence-corrected chi connectivity index (χ2v) is 9.22. The molecule has 0 aromatic heterocycles. The van der Waals surface area contributed by atoms with E-state index in [0.29, 0.717) is 0 Å². The summed E-state index contributed by atoms with van der Waals surface area (Å²) < 4.78 is 0. The van der Waals surface area contributed by atoms with Crippen molar-refractivity contribution in [3.8, 4) is 0 Å². The maximum Gasteiger partial charge on any atom is 2.00 e.